The first-order valence-corrected chi connectivity index (χ1v) is 18.4. The third-order valence-electron chi connectivity index (χ3n) is 8.09. The number of anilines is 2. The second kappa shape index (κ2) is 17.9. The lowest BCUT2D eigenvalue weighted by atomic mass is 10.1. The number of para-hydroxylation sites is 1. The summed E-state index contributed by atoms with van der Waals surface area (Å²) in [5, 5.41) is 10.4. The summed E-state index contributed by atoms with van der Waals surface area (Å²) in [6, 6.07) is 38.0. The summed E-state index contributed by atoms with van der Waals surface area (Å²) in [5.41, 5.74) is 3.88. The van der Waals surface area contributed by atoms with E-state index in [9.17, 15) is 14.4 Å². The Morgan fingerprint density at radius 2 is 1.39 bits per heavy atom. The SMILES string of the molecule is COc1ccccc1/C=C(\NC(=O)c1ccccc1)C(=O)Nc1ccc(SC(C(=O)Nc2nc(-c3ccc(OC)c(OC)c3)cs2)c2ccccc2)cc1. The molecule has 0 spiro atoms. The average molecular weight is 757 g/mol. The van der Waals surface area contributed by atoms with Gasteiger partial charge in [0.05, 0.1) is 27.0 Å². The Kier molecular flexibility index (Phi) is 12.4. The lowest BCUT2D eigenvalue weighted by molar-refractivity contribution is -0.116. The van der Waals surface area contributed by atoms with Crippen LogP contribution in [0.4, 0.5) is 10.8 Å². The van der Waals surface area contributed by atoms with Crippen molar-refractivity contribution in [3.8, 4) is 28.5 Å². The molecule has 0 aliphatic rings. The van der Waals surface area contributed by atoms with Crippen molar-refractivity contribution in [2.24, 2.45) is 0 Å². The normalized spacial score (nSPS) is 11.6. The van der Waals surface area contributed by atoms with Crippen LogP contribution in [0.25, 0.3) is 17.3 Å². The molecule has 1 heterocycles. The maximum absolute atomic E-state index is 13.8. The molecule has 3 N–H and O–H groups in total. The Bertz CT molecular complexity index is 2260. The second-order valence-corrected chi connectivity index (χ2v) is 13.6. The van der Waals surface area contributed by atoms with Crippen LogP contribution >= 0.6 is 23.1 Å². The van der Waals surface area contributed by atoms with E-state index in [0.29, 0.717) is 44.9 Å². The smallest absolute Gasteiger partial charge is 0.272 e. The summed E-state index contributed by atoms with van der Waals surface area (Å²) in [7, 11) is 4.69. The first-order chi connectivity index (χ1) is 26.3. The molecule has 6 aromatic rings. The number of ether oxygens (including phenoxy) is 3. The van der Waals surface area contributed by atoms with Crippen LogP contribution in [0.1, 0.15) is 26.7 Å². The number of benzene rings is 5. The maximum atomic E-state index is 13.8. The van der Waals surface area contributed by atoms with Gasteiger partial charge in [0.25, 0.3) is 11.8 Å². The van der Waals surface area contributed by atoms with Crippen molar-refractivity contribution in [3.05, 3.63) is 155 Å². The zero-order chi connectivity index (χ0) is 37.9. The number of nitrogens with zero attached hydrogens (tertiary/aromatic N) is 1. The standard InChI is InChI=1S/C42H36N4O6S2/c1-50-35-17-11-10-16-30(35)24-33(44-39(47)28-14-8-5-9-15-28)40(48)43-31-19-21-32(22-20-31)54-38(27-12-6-4-7-13-27)41(49)46-42-45-34(26-53-42)29-18-23-36(51-2)37(25-29)52-3/h4-26,38H,1-3H3,(H,43,48)(H,44,47)(H,45,46,49)/b33-24-. The molecule has 3 amide bonds. The zero-order valence-electron chi connectivity index (χ0n) is 29.6. The predicted molar refractivity (Wildman–Crippen MR) is 214 cm³/mol. The molecule has 0 aliphatic heterocycles. The molecule has 0 saturated heterocycles. The fourth-order valence-electron chi connectivity index (χ4n) is 5.37. The summed E-state index contributed by atoms with van der Waals surface area (Å²) < 4.78 is 16.2. The minimum Gasteiger partial charge on any atom is -0.496 e. The number of hydrogen-bond donors (Lipinski definition) is 3. The van der Waals surface area contributed by atoms with Crippen molar-refractivity contribution in [2.75, 3.05) is 32.0 Å². The highest BCUT2D eigenvalue weighted by Crippen LogP contribution is 2.38. The van der Waals surface area contributed by atoms with E-state index in [0.717, 1.165) is 16.0 Å². The van der Waals surface area contributed by atoms with Gasteiger partial charge in [-0.05, 0) is 72.3 Å². The lowest BCUT2D eigenvalue weighted by Crippen LogP contribution is -2.30. The van der Waals surface area contributed by atoms with E-state index in [-0.39, 0.29) is 11.6 Å². The van der Waals surface area contributed by atoms with Gasteiger partial charge in [-0.25, -0.2) is 4.98 Å². The van der Waals surface area contributed by atoms with Crippen LogP contribution in [0.3, 0.4) is 0 Å². The maximum Gasteiger partial charge on any atom is 0.272 e. The molecule has 0 bridgehead atoms. The minimum atomic E-state index is -0.608. The van der Waals surface area contributed by atoms with E-state index in [2.05, 4.69) is 20.9 Å². The largest absolute Gasteiger partial charge is 0.496 e. The Hall–Kier alpha value is -6.37. The molecular weight excluding hydrogens is 721 g/mol. The quantitative estimate of drug-likeness (QED) is 0.0744. The molecule has 0 saturated carbocycles. The highest BCUT2D eigenvalue weighted by molar-refractivity contribution is 8.00. The van der Waals surface area contributed by atoms with Crippen LogP contribution in [0, 0.1) is 0 Å². The first-order valence-electron chi connectivity index (χ1n) is 16.7. The molecule has 0 fully saturated rings. The van der Waals surface area contributed by atoms with Gasteiger partial charge in [-0.3, -0.25) is 14.4 Å². The number of carbonyl (C=O) groups excluding carboxylic acids is 3. The van der Waals surface area contributed by atoms with Gasteiger partial charge < -0.3 is 30.2 Å². The molecule has 1 atom stereocenters. The van der Waals surface area contributed by atoms with Gasteiger partial charge in [0.1, 0.15) is 16.7 Å². The second-order valence-electron chi connectivity index (χ2n) is 11.6. The predicted octanol–water partition coefficient (Wildman–Crippen LogP) is 8.72. The Balaban J connectivity index is 1.18. The molecule has 0 radical (unpaired) electrons. The molecular formula is C42H36N4O6S2. The van der Waals surface area contributed by atoms with E-state index in [1.807, 2.05) is 84.2 Å². The summed E-state index contributed by atoms with van der Waals surface area (Å²) in [6.45, 7) is 0. The molecule has 5 aromatic carbocycles. The molecule has 0 aliphatic carbocycles. The van der Waals surface area contributed by atoms with E-state index < -0.39 is 17.1 Å². The van der Waals surface area contributed by atoms with Crippen molar-refractivity contribution in [2.45, 2.75) is 10.1 Å². The van der Waals surface area contributed by atoms with Crippen molar-refractivity contribution >= 4 is 57.7 Å². The highest BCUT2D eigenvalue weighted by Gasteiger charge is 2.24. The lowest BCUT2D eigenvalue weighted by Gasteiger charge is -2.17. The summed E-state index contributed by atoms with van der Waals surface area (Å²) in [4.78, 5) is 46.0. The van der Waals surface area contributed by atoms with E-state index in [1.54, 1.807) is 68.8 Å². The van der Waals surface area contributed by atoms with Gasteiger partial charge in [-0.2, -0.15) is 0 Å². The van der Waals surface area contributed by atoms with Crippen molar-refractivity contribution in [1.82, 2.24) is 10.3 Å². The zero-order valence-corrected chi connectivity index (χ0v) is 31.2. The topological polar surface area (TPSA) is 128 Å². The molecule has 1 aromatic heterocycles. The summed E-state index contributed by atoms with van der Waals surface area (Å²) in [6.07, 6.45) is 1.57. The van der Waals surface area contributed by atoms with Gasteiger partial charge in [-0.1, -0.05) is 66.7 Å². The number of thiazole rings is 1. The molecule has 272 valence electrons. The molecule has 6 rings (SSSR count). The van der Waals surface area contributed by atoms with Crippen LogP contribution in [0.2, 0.25) is 0 Å². The van der Waals surface area contributed by atoms with Crippen molar-refractivity contribution < 1.29 is 28.6 Å². The highest BCUT2D eigenvalue weighted by atomic mass is 32.2. The number of methoxy groups -OCH3 is 3. The average Bonchev–Trinajstić information content (AvgIpc) is 3.69. The molecule has 12 heteroatoms. The first kappa shape index (κ1) is 37.4. The number of hydrogen-bond acceptors (Lipinski definition) is 9. The van der Waals surface area contributed by atoms with Gasteiger partial charge in [0, 0.05) is 32.7 Å². The fourth-order valence-corrected chi connectivity index (χ4v) is 7.11. The number of carbonyl (C=O) groups is 3. The number of thioether (sulfide) groups is 1. The van der Waals surface area contributed by atoms with E-state index in [1.165, 1.54) is 30.2 Å². The Morgan fingerprint density at radius 1 is 0.722 bits per heavy atom. The third kappa shape index (κ3) is 9.34. The third-order valence-corrected chi connectivity index (χ3v) is 10.1. The van der Waals surface area contributed by atoms with E-state index in [4.69, 9.17) is 14.2 Å². The van der Waals surface area contributed by atoms with Crippen LogP contribution in [0.15, 0.2) is 143 Å². The molecule has 10 nitrogen and oxygen atoms in total. The number of aromatic nitrogens is 1. The monoisotopic (exact) mass is 756 g/mol. The van der Waals surface area contributed by atoms with Crippen molar-refractivity contribution in [1.29, 1.82) is 0 Å². The number of rotatable bonds is 14. The summed E-state index contributed by atoms with van der Waals surface area (Å²) in [5.74, 6) is 0.544. The van der Waals surface area contributed by atoms with Crippen LogP contribution < -0.4 is 30.2 Å². The number of nitrogens with one attached hydrogen (secondary N) is 3. The van der Waals surface area contributed by atoms with Gasteiger partial charge in [-0.15, -0.1) is 23.1 Å². The Morgan fingerprint density at radius 3 is 2.09 bits per heavy atom. The van der Waals surface area contributed by atoms with E-state index >= 15 is 0 Å². The van der Waals surface area contributed by atoms with Crippen molar-refractivity contribution in [3.63, 3.8) is 0 Å². The number of amides is 3. The van der Waals surface area contributed by atoms with Gasteiger partial charge >= 0.3 is 0 Å². The summed E-state index contributed by atoms with van der Waals surface area (Å²) >= 11 is 2.69. The van der Waals surface area contributed by atoms with Crippen LogP contribution in [-0.4, -0.2) is 44.0 Å². The minimum absolute atomic E-state index is 0.0316. The van der Waals surface area contributed by atoms with Crippen LogP contribution in [-0.2, 0) is 9.59 Å². The fraction of sp³-hybridized carbons (Fsp3) is 0.0952. The molecule has 1 unspecified atom stereocenters. The van der Waals surface area contributed by atoms with Gasteiger partial charge in [0.2, 0.25) is 5.91 Å². The Labute approximate surface area is 321 Å². The molecule has 54 heavy (non-hydrogen) atoms. The van der Waals surface area contributed by atoms with Crippen LogP contribution in [0.5, 0.6) is 17.2 Å². The van der Waals surface area contributed by atoms with Gasteiger partial charge in [0.15, 0.2) is 16.6 Å².